The van der Waals surface area contributed by atoms with Crippen LogP contribution in [0.4, 0.5) is 0 Å². The van der Waals surface area contributed by atoms with E-state index in [0.29, 0.717) is 6.54 Å². The molecule has 3 nitrogen and oxygen atoms in total. The monoisotopic (exact) mass is 200 g/mol. The third-order valence-corrected chi connectivity index (χ3v) is 2.07. The number of nitrogens with one attached hydrogen (secondary N) is 1. The van der Waals surface area contributed by atoms with Crippen LogP contribution in [0, 0.1) is 5.41 Å². The van der Waals surface area contributed by atoms with Crippen molar-refractivity contribution in [2.24, 2.45) is 11.1 Å². The lowest BCUT2D eigenvalue weighted by molar-refractivity contribution is -0.126. The normalized spacial score (nSPS) is 16.1. The van der Waals surface area contributed by atoms with Gasteiger partial charge in [-0.05, 0) is 18.8 Å². The van der Waals surface area contributed by atoms with Crippen LogP contribution in [-0.4, -0.2) is 18.0 Å². The maximum atomic E-state index is 11.7. The number of carbonyl (C=O) groups is 1. The van der Waals surface area contributed by atoms with Crippen LogP contribution < -0.4 is 11.1 Å². The Hall–Kier alpha value is -0.570. The molecule has 0 rings (SSSR count). The standard InChI is InChI=1S/C11H24N2O/c1-6-7-11(5,12)9(14)13-8-10(2,3)4/h6-8,12H2,1-5H3,(H,13,14). The lowest BCUT2D eigenvalue weighted by atomic mass is 9.94. The molecule has 0 spiro atoms. The van der Waals surface area contributed by atoms with Crippen molar-refractivity contribution in [1.82, 2.24) is 5.32 Å². The van der Waals surface area contributed by atoms with Crippen LogP contribution in [0.15, 0.2) is 0 Å². The maximum absolute atomic E-state index is 11.7. The number of rotatable bonds is 4. The Morgan fingerprint density at radius 2 is 1.79 bits per heavy atom. The van der Waals surface area contributed by atoms with Crippen molar-refractivity contribution in [2.75, 3.05) is 6.54 Å². The molecule has 3 heteroatoms. The van der Waals surface area contributed by atoms with E-state index in [4.69, 9.17) is 5.73 Å². The molecule has 0 saturated carbocycles. The molecular weight excluding hydrogens is 176 g/mol. The van der Waals surface area contributed by atoms with Gasteiger partial charge in [0.2, 0.25) is 5.91 Å². The molecule has 0 aromatic heterocycles. The summed E-state index contributed by atoms with van der Waals surface area (Å²) in [6, 6.07) is 0. The number of amides is 1. The van der Waals surface area contributed by atoms with E-state index in [9.17, 15) is 4.79 Å². The van der Waals surface area contributed by atoms with Crippen molar-refractivity contribution in [3.63, 3.8) is 0 Å². The van der Waals surface area contributed by atoms with E-state index in [1.54, 1.807) is 6.92 Å². The first-order chi connectivity index (χ1) is 6.19. The van der Waals surface area contributed by atoms with Crippen LogP contribution in [0.25, 0.3) is 0 Å². The minimum Gasteiger partial charge on any atom is -0.354 e. The first-order valence-electron chi connectivity index (χ1n) is 5.26. The van der Waals surface area contributed by atoms with Gasteiger partial charge < -0.3 is 11.1 Å². The maximum Gasteiger partial charge on any atom is 0.239 e. The van der Waals surface area contributed by atoms with E-state index < -0.39 is 5.54 Å². The zero-order valence-corrected chi connectivity index (χ0v) is 10.1. The van der Waals surface area contributed by atoms with E-state index in [2.05, 4.69) is 26.1 Å². The van der Waals surface area contributed by atoms with Gasteiger partial charge >= 0.3 is 0 Å². The third-order valence-electron chi connectivity index (χ3n) is 2.07. The summed E-state index contributed by atoms with van der Waals surface area (Å²) >= 11 is 0. The van der Waals surface area contributed by atoms with Gasteiger partial charge in [-0.15, -0.1) is 0 Å². The summed E-state index contributed by atoms with van der Waals surface area (Å²) in [5.41, 5.74) is 5.27. The molecule has 1 atom stereocenters. The second kappa shape index (κ2) is 4.78. The van der Waals surface area contributed by atoms with Crippen molar-refractivity contribution in [3.05, 3.63) is 0 Å². The summed E-state index contributed by atoms with van der Waals surface area (Å²) in [6.07, 6.45) is 1.65. The summed E-state index contributed by atoms with van der Waals surface area (Å²) in [4.78, 5) is 11.7. The predicted molar refractivity (Wildman–Crippen MR) is 60.0 cm³/mol. The minimum absolute atomic E-state index is 0.0470. The lowest BCUT2D eigenvalue weighted by Crippen LogP contribution is -2.52. The van der Waals surface area contributed by atoms with E-state index in [1.165, 1.54) is 0 Å². The molecule has 14 heavy (non-hydrogen) atoms. The molecule has 0 aromatic rings. The van der Waals surface area contributed by atoms with Gasteiger partial charge in [-0.2, -0.15) is 0 Å². The van der Waals surface area contributed by atoms with Crippen molar-refractivity contribution >= 4 is 5.91 Å². The van der Waals surface area contributed by atoms with Crippen molar-refractivity contribution in [2.45, 2.75) is 53.0 Å². The van der Waals surface area contributed by atoms with Crippen LogP contribution in [0.1, 0.15) is 47.5 Å². The van der Waals surface area contributed by atoms with Crippen LogP contribution in [0.3, 0.4) is 0 Å². The summed E-state index contributed by atoms with van der Waals surface area (Å²) in [5.74, 6) is -0.0470. The largest absolute Gasteiger partial charge is 0.354 e. The first-order valence-corrected chi connectivity index (χ1v) is 5.26. The highest BCUT2D eigenvalue weighted by molar-refractivity contribution is 5.85. The Morgan fingerprint density at radius 3 is 2.14 bits per heavy atom. The predicted octanol–water partition coefficient (Wildman–Crippen LogP) is 1.67. The summed E-state index contributed by atoms with van der Waals surface area (Å²) in [6.45, 7) is 10.7. The van der Waals surface area contributed by atoms with E-state index >= 15 is 0 Å². The molecule has 0 saturated heterocycles. The molecule has 0 aliphatic carbocycles. The highest BCUT2D eigenvalue weighted by Crippen LogP contribution is 2.13. The quantitative estimate of drug-likeness (QED) is 0.725. The fourth-order valence-corrected chi connectivity index (χ4v) is 1.18. The molecule has 3 N–H and O–H groups in total. The van der Waals surface area contributed by atoms with Gasteiger partial charge in [0.05, 0.1) is 5.54 Å². The van der Waals surface area contributed by atoms with Gasteiger partial charge in [0.15, 0.2) is 0 Å². The highest BCUT2D eigenvalue weighted by atomic mass is 16.2. The zero-order valence-electron chi connectivity index (χ0n) is 10.1. The fourth-order valence-electron chi connectivity index (χ4n) is 1.18. The topological polar surface area (TPSA) is 55.1 Å². The van der Waals surface area contributed by atoms with Gasteiger partial charge in [0.25, 0.3) is 0 Å². The SMILES string of the molecule is CCCC(C)(N)C(=O)NCC(C)(C)C. The van der Waals surface area contributed by atoms with Gasteiger partial charge in [-0.1, -0.05) is 34.1 Å². The molecule has 1 amide bonds. The van der Waals surface area contributed by atoms with Crippen LogP contribution in [0.5, 0.6) is 0 Å². The fraction of sp³-hybridized carbons (Fsp3) is 0.909. The average Bonchev–Trinajstić information content (AvgIpc) is 1.98. The number of hydrogen-bond acceptors (Lipinski definition) is 2. The first kappa shape index (κ1) is 13.4. The van der Waals surface area contributed by atoms with Crippen LogP contribution in [0.2, 0.25) is 0 Å². The Labute approximate surface area is 87.4 Å². The molecule has 0 aromatic carbocycles. The minimum atomic E-state index is -0.722. The number of carbonyl (C=O) groups excluding carboxylic acids is 1. The van der Waals surface area contributed by atoms with Gasteiger partial charge in [0.1, 0.15) is 0 Å². The molecule has 0 bridgehead atoms. The molecule has 0 fully saturated rings. The third kappa shape index (κ3) is 5.22. The van der Waals surface area contributed by atoms with Crippen molar-refractivity contribution < 1.29 is 4.79 Å². The number of hydrogen-bond donors (Lipinski definition) is 2. The molecule has 0 aliphatic rings. The second-order valence-electron chi connectivity index (χ2n) is 5.41. The van der Waals surface area contributed by atoms with Gasteiger partial charge in [0, 0.05) is 6.54 Å². The van der Waals surface area contributed by atoms with Gasteiger partial charge in [-0.3, -0.25) is 4.79 Å². The van der Waals surface area contributed by atoms with E-state index in [0.717, 1.165) is 12.8 Å². The molecule has 0 radical (unpaired) electrons. The molecular formula is C11H24N2O. The van der Waals surface area contributed by atoms with Gasteiger partial charge in [-0.25, -0.2) is 0 Å². The average molecular weight is 200 g/mol. The second-order valence-corrected chi connectivity index (χ2v) is 5.41. The van der Waals surface area contributed by atoms with Crippen LogP contribution >= 0.6 is 0 Å². The van der Waals surface area contributed by atoms with Crippen molar-refractivity contribution in [1.29, 1.82) is 0 Å². The Morgan fingerprint density at radius 1 is 1.29 bits per heavy atom. The number of nitrogens with two attached hydrogens (primary N) is 1. The molecule has 84 valence electrons. The smallest absolute Gasteiger partial charge is 0.239 e. The molecule has 0 heterocycles. The highest BCUT2D eigenvalue weighted by Gasteiger charge is 2.27. The molecule has 0 aliphatic heterocycles. The Balaban J connectivity index is 4.08. The zero-order chi connectivity index (χ0) is 11.4. The Kier molecular flexibility index (Phi) is 4.59. The van der Waals surface area contributed by atoms with E-state index in [-0.39, 0.29) is 11.3 Å². The summed E-state index contributed by atoms with van der Waals surface area (Å²) in [7, 11) is 0. The Bertz CT molecular complexity index is 192. The van der Waals surface area contributed by atoms with Crippen molar-refractivity contribution in [3.8, 4) is 0 Å². The van der Waals surface area contributed by atoms with Crippen LogP contribution in [-0.2, 0) is 4.79 Å². The van der Waals surface area contributed by atoms with E-state index in [1.807, 2.05) is 6.92 Å². The molecule has 1 unspecified atom stereocenters. The summed E-state index contributed by atoms with van der Waals surface area (Å²) in [5, 5.41) is 2.88. The summed E-state index contributed by atoms with van der Waals surface area (Å²) < 4.78 is 0. The lowest BCUT2D eigenvalue weighted by Gasteiger charge is -2.26.